The predicted octanol–water partition coefficient (Wildman–Crippen LogP) is 3.24. The number of hydrogen-bond donors (Lipinski definition) is 3. The molecule has 1 saturated heterocycles. The van der Waals surface area contributed by atoms with Crippen molar-refractivity contribution in [3.8, 4) is 0 Å². The van der Waals surface area contributed by atoms with Gasteiger partial charge in [0.1, 0.15) is 5.82 Å². The molecular formula is C20H21FN2O4. The third-order valence-corrected chi connectivity index (χ3v) is 4.51. The molecule has 2 aromatic rings. The van der Waals surface area contributed by atoms with Crippen LogP contribution in [0.25, 0.3) is 0 Å². The molecule has 27 heavy (non-hydrogen) atoms. The number of nitrogens with one attached hydrogen (secondary N) is 2. The van der Waals surface area contributed by atoms with Gasteiger partial charge in [-0.1, -0.05) is 24.3 Å². The number of aromatic carboxylic acids is 1. The summed E-state index contributed by atoms with van der Waals surface area (Å²) in [6.45, 7) is 0.898. The van der Waals surface area contributed by atoms with E-state index >= 15 is 0 Å². The minimum Gasteiger partial charge on any atom is -0.478 e. The molecule has 1 aliphatic heterocycles. The van der Waals surface area contributed by atoms with Crippen molar-refractivity contribution in [1.29, 1.82) is 0 Å². The van der Waals surface area contributed by atoms with Crippen LogP contribution in [-0.4, -0.2) is 29.8 Å². The fourth-order valence-corrected chi connectivity index (χ4v) is 3.07. The summed E-state index contributed by atoms with van der Waals surface area (Å²) in [6.07, 6.45) is 1.58. The number of hydrogen-bond acceptors (Lipinski definition) is 3. The Kier molecular flexibility index (Phi) is 6.03. The number of benzene rings is 2. The maximum Gasteiger partial charge on any atom is 0.335 e. The lowest BCUT2D eigenvalue weighted by Gasteiger charge is -2.25. The van der Waals surface area contributed by atoms with Crippen LogP contribution >= 0.6 is 0 Å². The van der Waals surface area contributed by atoms with Crippen molar-refractivity contribution in [1.82, 2.24) is 10.6 Å². The first-order valence-electron chi connectivity index (χ1n) is 8.76. The predicted molar refractivity (Wildman–Crippen MR) is 96.9 cm³/mol. The van der Waals surface area contributed by atoms with Crippen molar-refractivity contribution in [2.75, 3.05) is 6.61 Å². The van der Waals surface area contributed by atoms with E-state index in [0.717, 1.165) is 24.0 Å². The van der Waals surface area contributed by atoms with E-state index < -0.39 is 5.97 Å². The lowest BCUT2D eigenvalue weighted by Crippen LogP contribution is -2.42. The highest BCUT2D eigenvalue weighted by Gasteiger charge is 2.28. The molecule has 0 aromatic heterocycles. The number of amides is 2. The highest BCUT2D eigenvalue weighted by Crippen LogP contribution is 2.27. The van der Waals surface area contributed by atoms with Gasteiger partial charge in [0.15, 0.2) is 0 Å². The molecule has 6 nitrogen and oxygen atoms in total. The number of carbonyl (C=O) groups excluding carboxylic acids is 1. The van der Waals surface area contributed by atoms with Crippen molar-refractivity contribution in [2.45, 2.75) is 31.5 Å². The fraction of sp³-hybridized carbons (Fsp3) is 0.300. The molecule has 2 amide bonds. The highest BCUT2D eigenvalue weighted by atomic mass is 19.1. The topological polar surface area (TPSA) is 87.7 Å². The maximum absolute atomic E-state index is 13.2. The zero-order chi connectivity index (χ0) is 19.2. The zero-order valence-electron chi connectivity index (χ0n) is 14.7. The Hall–Kier alpha value is -2.93. The van der Waals surface area contributed by atoms with Crippen molar-refractivity contribution in [3.63, 3.8) is 0 Å². The smallest absolute Gasteiger partial charge is 0.335 e. The molecule has 1 aliphatic rings. The average Bonchev–Trinajstić information content (AvgIpc) is 3.20. The zero-order valence-corrected chi connectivity index (χ0v) is 14.7. The molecule has 2 aromatic carbocycles. The van der Waals surface area contributed by atoms with Gasteiger partial charge in [-0.3, -0.25) is 0 Å². The molecule has 0 bridgehead atoms. The van der Waals surface area contributed by atoms with Gasteiger partial charge in [0.2, 0.25) is 0 Å². The second-order valence-corrected chi connectivity index (χ2v) is 6.41. The average molecular weight is 372 g/mol. The van der Waals surface area contributed by atoms with Gasteiger partial charge in [-0.2, -0.15) is 0 Å². The van der Waals surface area contributed by atoms with Crippen molar-refractivity contribution >= 4 is 12.0 Å². The molecule has 0 spiro atoms. The molecule has 142 valence electrons. The van der Waals surface area contributed by atoms with E-state index in [4.69, 9.17) is 9.84 Å². The summed E-state index contributed by atoms with van der Waals surface area (Å²) in [4.78, 5) is 23.2. The van der Waals surface area contributed by atoms with Crippen LogP contribution in [0.3, 0.4) is 0 Å². The molecule has 3 rings (SSSR count). The minimum atomic E-state index is -0.994. The van der Waals surface area contributed by atoms with Gasteiger partial charge in [0.05, 0.1) is 17.7 Å². The Morgan fingerprint density at radius 2 is 1.85 bits per heavy atom. The summed E-state index contributed by atoms with van der Waals surface area (Å²) < 4.78 is 18.9. The van der Waals surface area contributed by atoms with Crippen LogP contribution in [0.5, 0.6) is 0 Å². The van der Waals surface area contributed by atoms with Gasteiger partial charge in [-0.25, -0.2) is 14.0 Å². The number of urea groups is 1. The van der Waals surface area contributed by atoms with Gasteiger partial charge in [0, 0.05) is 13.2 Å². The molecule has 7 heteroatoms. The van der Waals surface area contributed by atoms with E-state index in [2.05, 4.69) is 10.6 Å². The van der Waals surface area contributed by atoms with Crippen LogP contribution in [0.4, 0.5) is 9.18 Å². The number of carbonyl (C=O) groups is 2. The standard InChI is InChI=1S/C20H21FN2O4/c21-16-9-7-14(8-10-16)18(17-2-1-11-27-17)23-20(26)22-12-13-3-5-15(6-4-13)19(24)25/h3-10,17-18H,1-2,11-12H2,(H,24,25)(H2,22,23,26). The Morgan fingerprint density at radius 3 is 2.44 bits per heavy atom. The number of carboxylic acids is 1. The summed E-state index contributed by atoms with van der Waals surface area (Å²) in [5.41, 5.74) is 1.76. The Morgan fingerprint density at radius 1 is 1.15 bits per heavy atom. The van der Waals surface area contributed by atoms with E-state index in [0.29, 0.717) is 6.61 Å². The molecular weight excluding hydrogens is 351 g/mol. The van der Waals surface area contributed by atoms with Crippen LogP contribution in [-0.2, 0) is 11.3 Å². The molecule has 0 radical (unpaired) electrons. The van der Waals surface area contributed by atoms with Gasteiger partial charge in [-0.15, -0.1) is 0 Å². The summed E-state index contributed by atoms with van der Waals surface area (Å²) in [6, 6.07) is 11.6. The summed E-state index contributed by atoms with van der Waals surface area (Å²) >= 11 is 0. The summed E-state index contributed by atoms with van der Waals surface area (Å²) in [5.74, 6) is -1.33. The third kappa shape index (κ3) is 5.04. The first-order chi connectivity index (χ1) is 13.0. The van der Waals surface area contributed by atoms with Crippen molar-refractivity contribution in [2.24, 2.45) is 0 Å². The lowest BCUT2D eigenvalue weighted by molar-refractivity contribution is 0.0697. The normalized spacial score (nSPS) is 17.3. The van der Waals surface area contributed by atoms with Gasteiger partial charge in [0.25, 0.3) is 0 Å². The Bertz CT molecular complexity index is 787. The van der Waals surface area contributed by atoms with Gasteiger partial charge in [-0.05, 0) is 48.2 Å². The van der Waals surface area contributed by atoms with E-state index in [-0.39, 0.29) is 36.1 Å². The van der Waals surface area contributed by atoms with E-state index in [1.807, 2.05) is 0 Å². The molecule has 1 heterocycles. The lowest BCUT2D eigenvalue weighted by atomic mass is 9.99. The molecule has 2 atom stereocenters. The molecule has 0 aliphatic carbocycles. The van der Waals surface area contributed by atoms with Crippen LogP contribution < -0.4 is 10.6 Å². The number of ether oxygens (including phenoxy) is 1. The number of halogens is 1. The Balaban J connectivity index is 1.61. The first kappa shape index (κ1) is 18.8. The monoisotopic (exact) mass is 372 g/mol. The second-order valence-electron chi connectivity index (χ2n) is 6.41. The number of carboxylic acid groups (broad SMARTS) is 1. The molecule has 1 fully saturated rings. The van der Waals surface area contributed by atoms with Gasteiger partial charge < -0.3 is 20.5 Å². The SMILES string of the molecule is O=C(NCc1ccc(C(=O)O)cc1)NC(c1ccc(F)cc1)C1CCCO1. The largest absolute Gasteiger partial charge is 0.478 e. The molecule has 2 unspecified atom stereocenters. The van der Waals surface area contributed by atoms with Gasteiger partial charge >= 0.3 is 12.0 Å². The van der Waals surface area contributed by atoms with Crippen molar-refractivity contribution in [3.05, 3.63) is 71.0 Å². The Labute approximate surface area is 156 Å². The van der Waals surface area contributed by atoms with Crippen LogP contribution in [0.1, 0.15) is 40.4 Å². The molecule has 0 saturated carbocycles. The highest BCUT2D eigenvalue weighted by molar-refractivity contribution is 5.87. The van der Waals surface area contributed by atoms with Crippen LogP contribution in [0.2, 0.25) is 0 Å². The summed E-state index contributed by atoms with van der Waals surface area (Å²) in [7, 11) is 0. The van der Waals surface area contributed by atoms with Crippen molar-refractivity contribution < 1.29 is 23.8 Å². The third-order valence-electron chi connectivity index (χ3n) is 4.51. The summed E-state index contributed by atoms with van der Waals surface area (Å²) in [5, 5.41) is 14.6. The van der Waals surface area contributed by atoms with E-state index in [9.17, 15) is 14.0 Å². The van der Waals surface area contributed by atoms with Crippen LogP contribution in [0.15, 0.2) is 48.5 Å². The maximum atomic E-state index is 13.2. The first-order valence-corrected chi connectivity index (χ1v) is 8.76. The molecule has 3 N–H and O–H groups in total. The van der Waals surface area contributed by atoms with E-state index in [1.165, 1.54) is 24.3 Å². The van der Waals surface area contributed by atoms with E-state index in [1.54, 1.807) is 24.3 Å². The quantitative estimate of drug-likeness (QED) is 0.726. The fourth-order valence-electron chi connectivity index (χ4n) is 3.07. The second kappa shape index (κ2) is 8.64. The van der Waals surface area contributed by atoms with Crippen LogP contribution in [0, 0.1) is 5.82 Å². The number of rotatable bonds is 6. The minimum absolute atomic E-state index is 0.156.